The van der Waals surface area contributed by atoms with Crippen molar-refractivity contribution in [1.82, 2.24) is 10.2 Å². The van der Waals surface area contributed by atoms with Gasteiger partial charge in [0.1, 0.15) is 0 Å². The number of piperidine rings is 1. The fourth-order valence-corrected chi connectivity index (χ4v) is 3.74. The highest BCUT2D eigenvalue weighted by molar-refractivity contribution is 9.10. The monoisotopic (exact) mass is 414 g/mol. The third-order valence-electron chi connectivity index (χ3n) is 5.21. The number of halogens is 1. The maximum atomic E-state index is 12.6. The summed E-state index contributed by atoms with van der Waals surface area (Å²) in [5.41, 5.74) is 3.73. The Morgan fingerprint density at radius 2 is 1.73 bits per heavy atom. The third-order valence-corrected chi connectivity index (χ3v) is 5.74. The van der Waals surface area contributed by atoms with Gasteiger partial charge in [-0.3, -0.25) is 9.69 Å². The van der Waals surface area contributed by atoms with Gasteiger partial charge in [-0.05, 0) is 63.0 Å². The normalized spacial score (nSPS) is 17.0. The van der Waals surface area contributed by atoms with Crippen molar-refractivity contribution >= 4 is 21.8 Å². The molecule has 1 aliphatic rings. The molecular formula is C22H27BrN2O. The molecule has 1 aliphatic heterocycles. The van der Waals surface area contributed by atoms with Crippen LogP contribution >= 0.6 is 15.9 Å². The number of rotatable bonds is 5. The summed E-state index contributed by atoms with van der Waals surface area (Å²) in [6, 6.07) is 16.9. The van der Waals surface area contributed by atoms with E-state index in [0.29, 0.717) is 0 Å². The van der Waals surface area contributed by atoms with Crippen molar-refractivity contribution in [3.8, 4) is 0 Å². The van der Waals surface area contributed by atoms with E-state index in [-0.39, 0.29) is 17.9 Å². The van der Waals surface area contributed by atoms with Crippen LogP contribution in [0, 0.1) is 12.8 Å². The van der Waals surface area contributed by atoms with Gasteiger partial charge in [-0.1, -0.05) is 57.9 Å². The van der Waals surface area contributed by atoms with Crippen molar-refractivity contribution < 1.29 is 4.79 Å². The molecule has 0 aliphatic carbocycles. The van der Waals surface area contributed by atoms with Gasteiger partial charge >= 0.3 is 0 Å². The minimum atomic E-state index is 0.0592. The number of hydrogen-bond acceptors (Lipinski definition) is 2. The van der Waals surface area contributed by atoms with E-state index in [9.17, 15) is 4.79 Å². The number of nitrogens with one attached hydrogen (secondary N) is 1. The zero-order valence-corrected chi connectivity index (χ0v) is 17.1. The first-order valence-electron chi connectivity index (χ1n) is 9.35. The minimum Gasteiger partial charge on any atom is -0.349 e. The summed E-state index contributed by atoms with van der Waals surface area (Å²) in [5.74, 6) is 0.324. The first kappa shape index (κ1) is 19.1. The van der Waals surface area contributed by atoms with Crippen molar-refractivity contribution in [1.29, 1.82) is 0 Å². The summed E-state index contributed by atoms with van der Waals surface area (Å²) in [7, 11) is 0. The van der Waals surface area contributed by atoms with E-state index in [4.69, 9.17) is 0 Å². The third kappa shape index (κ3) is 5.18. The Labute approximate surface area is 164 Å². The van der Waals surface area contributed by atoms with Crippen LogP contribution in [-0.2, 0) is 11.3 Å². The lowest BCUT2D eigenvalue weighted by Gasteiger charge is -2.32. The molecule has 4 heteroatoms. The van der Waals surface area contributed by atoms with Crippen molar-refractivity contribution in [2.45, 2.75) is 39.3 Å². The molecule has 138 valence electrons. The van der Waals surface area contributed by atoms with Crippen LogP contribution < -0.4 is 5.32 Å². The Kier molecular flexibility index (Phi) is 6.49. The van der Waals surface area contributed by atoms with Gasteiger partial charge in [-0.15, -0.1) is 0 Å². The summed E-state index contributed by atoms with van der Waals surface area (Å²) in [5, 5.41) is 3.19. The van der Waals surface area contributed by atoms with Crippen LogP contribution in [0.3, 0.4) is 0 Å². The number of aryl methyl sites for hydroxylation is 1. The Morgan fingerprint density at radius 1 is 1.12 bits per heavy atom. The van der Waals surface area contributed by atoms with Gasteiger partial charge in [-0.25, -0.2) is 0 Å². The second-order valence-corrected chi connectivity index (χ2v) is 8.23. The first-order valence-corrected chi connectivity index (χ1v) is 10.1. The molecule has 3 nitrogen and oxygen atoms in total. The predicted octanol–water partition coefficient (Wildman–Crippen LogP) is 4.85. The van der Waals surface area contributed by atoms with Crippen LogP contribution in [0.4, 0.5) is 0 Å². The topological polar surface area (TPSA) is 32.3 Å². The second-order valence-electron chi connectivity index (χ2n) is 7.32. The number of amides is 1. The van der Waals surface area contributed by atoms with E-state index in [1.807, 2.05) is 0 Å². The standard InChI is InChI=1S/C22H27BrN2O/c1-16-3-7-19(8-4-16)17(2)24-22(26)20-11-13-25(14-12-20)15-18-5-9-21(23)10-6-18/h3-10,17,20H,11-15H2,1-2H3,(H,24,26). The highest BCUT2D eigenvalue weighted by atomic mass is 79.9. The number of hydrogen-bond donors (Lipinski definition) is 1. The van der Waals surface area contributed by atoms with Crippen LogP contribution in [0.25, 0.3) is 0 Å². The second kappa shape index (κ2) is 8.83. The maximum absolute atomic E-state index is 12.6. The first-order chi connectivity index (χ1) is 12.5. The molecule has 0 radical (unpaired) electrons. The van der Waals surface area contributed by atoms with Crippen molar-refractivity contribution in [3.05, 3.63) is 69.7 Å². The smallest absolute Gasteiger partial charge is 0.223 e. The van der Waals surface area contributed by atoms with Crippen molar-refractivity contribution in [2.24, 2.45) is 5.92 Å². The van der Waals surface area contributed by atoms with Gasteiger partial charge in [0.25, 0.3) is 0 Å². The molecule has 1 atom stereocenters. The van der Waals surface area contributed by atoms with Gasteiger partial charge in [0, 0.05) is 16.9 Å². The number of nitrogens with zero attached hydrogens (tertiary/aromatic N) is 1. The molecule has 1 fully saturated rings. The molecule has 2 aromatic rings. The van der Waals surface area contributed by atoms with E-state index in [1.54, 1.807) is 0 Å². The number of benzene rings is 2. The van der Waals surface area contributed by atoms with Crippen LogP contribution in [0.5, 0.6) is 0 Å². The highest BCUT2D eigenvalue weighted by Crippen LogP contribution is 2.22. The maximum Gasteiger partial charge on any atom is 0.223 e. The predicted molar refractivity (Wildman–Crippen MR) is 110 cm³/mol. The molecule has 1 unspecified atom stereocenters. The van der Waals surface area contributed by atoms with Crippen molar-refractivity contribution in [2.75, 3.05) is 13.1 Å². The zero-order chi connectivity index (χ0) is 18.5. The van der Waals surface area contributed by atoms with Crippen LogP contribution in [0.2, 0.25) is 0 Å². The van der Waals surface area contributed by atoms with E-state index in [0.717, 1.165) is 42.5 Å². The molecule has 1 amide bonds. The summed E-state index contributed by atoms with van der Waals surface area (Å²) in [6.45, 7) is 7.06. The molecular weight excluding hydrogens is 388 g/mol. The molecule has 26 heavy (non-hydrogen) atoms. The Hall–Kier alpha value is -1.65. The van der Waals surface area contributed by atoms with Crippen molar-refractivity contribution in [3.63, 3.8) is 0 Å². The summed E-state index contributed by atoms with van der Waals surface area (Å²) < 4.78 is 1.11. The van der Waals surface area contributed by atoms with E-state index in [2.05, 4.69) is 88.5 Å². The quantitative estimate of drug-likeness (QED) is 0.758. The molecule has 1 saturated heterocycles. The summed E-state index contributed by atoms with van der Waals surface area (Å²) in [4.78, 5) is 15.1. The fraction of sp³-hybridized carbons (Fsp3) is 0.409. The molecule has 1 heterocycles. The molecule has 0 bridgehead atoms. The molecule has 0 saturated carbocycles. The lowest BCUT2D eigenvalue weighted by molar-refractivity contribution is -0.127. The van der Waals surface area contributed by atoms with Gasteiger partial charge in [0.05, 0.1) is 6.04 Å². The molecule has 0 spiro atoms. The van der Waals surface area contributed by atoms with Gasteiger partial charge in [-0.2, -0.15) is 0 Å². The summed E-state index contributed by atoms with van der Waals surface area (Å²) in [6.07, 6.45) is 1.87. The SMILES string of the molecule is Cc1ccc(C(C)NC(=O)C2CCN(Cc3ccc(Br)cc3)CC2)cc1. The lowest BCUT2D eigenvalue weighted by Crippen LogP contribution is -2.40. The molecule has 1 N–H and O–H groups in total. The van der Waals surface area contributed by atoms with E-state index >= 15 is 0 Å². The van der Waals surface area contributed by atoms with Gasteiger partial charge < -0.3 is 5.32 Å². The summed E-state index contributed by atoms with van der Waals surface area (Å²) >= 11 is 3.48. The van der Waals surface area contributed by atoms with E-state index in [1.165, 1.54) is 11.1 Å². The van der Waals surface area contributed by atoms with Gasteiger partial charge in [0.2, 0.25) is 5.91 Å². The largest absolute Gasteiger partial charge is 0.349 e. The zero-order valence-electron chi connectivity index (χ0n) is 15.5. The highest BCUT2D eigenvalue weighted by Gasteiger charge is 2.26. The minimum absolute atomic E-state index is 0.0592. The average Bonchev–Trinajstić information content (AvgIpc) is 2.64. The van der Waals surface area contributed by atoms with Gasteiger partial charge in [0.15, 0.2) is 0 Å². The molecule has 3 rings (SSSR count). The number of carbonyl (C=O) groups excluding carboxylic acids is 1. The van der Waals surface area contributed by atoms with E-state index < -0.39 is 0 Å². The average molecular weight is 415 g/mol. The number of likely N-dealkylation sites (tertiary alicyclic amines) is 1. The Bertz CT molecular complexity index is 719. The lowest BCUT2D eigenvalue weighted by atomic mass is 9.94. The Morgan fingerprint density at radius 3 is 2.35 bits per heavy atom. The molecule has 2 aromatic carbocycles. The number of carbonyl (C=O) groups is 1. The Balaban J connectivity index is 1.47. The van der Waals surface area contributed by atoms with Crippen LogP contribution in [0.1, 0.15) is 42.5 Å². The van der Waals surface area contributed by atoms with Crippen LogP contribution in [0.15, 0.2) is 53.0 Å². The molecule has 0 aromatic heterocycles. The fourth-order valence-electron chi connectivity index (χ4n) is 3.47. The van der Waals surface area contributed by atoms with Crippen LogP contribution in [-0.4, -0.2) is 23.9 Å².